The van der Waals surface area contributed by atoms with Crippen molar-refractivity contribution in [2.45, 2.75) is 25.3 Å². The SMILES string of the molecule is C=CC(=O)N1CCCC(n2nc(C(=O)Nc3ccc(CC(=O)N(C)C)c(Cl)c3)c3c(N)ncnc32)C1. The monoisotopic (exact) mass is 510 g/mol. The number of aromatic nitrogens is 4. The highest BCUT2D eigenvalue weighted by Gasteiger charge is 2.29. The number of halogens is 1. The Morgan fingerprint density at radius 3 is 2.78 bits per heavy atom. The van der Waals surface area contributed by atoms with Crippen LogP contribution >= 0.6 is 11.6 Å². The first-order chi connectivity index (χ1) is 17.2. The molecule has 12 heteroatoms. The Morgan fingerprint density at radius 2 is 2.08 bits per heavy atom. The van der Waals surface area contributed by atoms with Crippen LogP contribution in [0, 0.1) is 0 Å². The summed E-state index contributed by atoms with van der Waals surface area (Å²) in [6.07, 6.45) is 4.28. The average molecular weight is 511 g/mol. The third-order valence-electron chi connectivity index (χ3n) is 6.11. The number of nitrogens with two attached hydrogens (primary N) is 1. The number of fused-ring (bicyclic) bond motifs is 1. The fourth-order valence-electron chi connectivity index (χ4n) is 4.17. The summed E-state index contributed by atoms with van der Waals surface area (Å²) < 4.78 is 1.65. The van der Waals surface area contributed by atoms with Crippen molar-refractivity contribution in [2.75, 3.05) is 38.2 Å². The number of hydrogen-bond donors (Lipinski definition) is 2. The summed E-state index contributed by atoms with van der Waals surface area (Å²) >= 11 is 6.36. The molecule has 1 aliphatic rings. The van der Waals surface area contributed by atoms with Crippen LogP contribution in [0.4, 0.5) is 11.5 Å². The standard InChI is InChI=1S/C24H27ClN8O3/c1-4-18(34)32-9-5-6-16(12-32)33-23-20(22(26)27-13-28-23)21(30-33)24(36)29-15-8-7-14(17(25)11-15)10-19(35)31(2)3/h4,7-8,11,13,16H,1,5-6,9-10,12H2,2-3H3,(H,29,36)(H2,26,27,28). The van der Waals surface area contributed by atoms with E-state index in [1.807, 2.05) is 0 Å². The van der Waals surface area contributed by atoms with Crippen molar-refractivity contribution in [2.24, 2.45) is 0 Å². The number of nitrogens with zero attached hydrogens (tertiary/aromatic N) is 6. The van der Waals surface area contributed by atoms with E-state index in [9.17, 15) is 14.4 Å². The molecule has 2 aromatic heterocycles. The molecular weight excluding hydrogens is 484 g/mol. The summed E-state index contributed by atoms with van der Waals surface area (Å²) in [4.78, 5) is 49.0. The maximum absolute atomic E-state index is 13.3. The van der Waals surface area contributed by atoms with Crippen molar-refractivity contribution in [3.8, 4) is 0 Å². The van der Waals surface area contributed by atoms with Gasteiger partial charge in [0.05, 0.1) is 17.8 Å². The highest BCUT2D eigenvalue weighted by molar-refractivity contribution is 6.32. The van der Waals surface area contributed by atoms with Crippen LogP contribution in [0.1, 0.15) is 34.9 Å². The number of piperidine rings is 1. The number of carbonyl (C=O) groups is 3. The van der Waals surface area contributed by atoms with Gasteiger partial charge in [-0.2, -0.15) is 5.10 Å². The van der Waals surface area contributed by atoms with Crippen molar-refractivity contribution in [3.05, 3.63) is 53.5 Å². The average Bonchev–Trinajstić information content (AvgIpc) is 3.26. The van der Waals surface area contributed by atoms with Gasteiger partial charge in [0, 0.05) is 37.9 Å². The maximum atomic E-state index is 13.3. The summed E-state index contributed by atoms with van der Waals surface area (Å²) in [6.45, 7) is 4.60. The minimum atomic E-state index is -0.511. The normalized spacial score (nSPS) is 15.5. The zero-order valence-corrected chi connectivity index (χ0v) is 20.8. The molecule has 1 atom stereocenters. The van der Waals surface area contributed by atoms with E-state index in [2.05, 4.69) is 27.0 Å². The lowest BCUT2D eigenvalue weighted by molar-refractivity contribution is -0.128. The third-order valence-corrected chi connectivity index (χ3v) is 6.47. The van der Waals surface area contributed by atoms with Crippen LogP contribution in [0.3, 0.4) is 0 Å². The van der Waals surface area contributed by atoms with E-state index >= 15 is 0 Å². The first kappa shape index (κ1) is 25.1. The second-order valence-electron chi connectivity index (χ2n) is 8.76. The number of carbonyl (C=O) groups excluding carboxylic acids is 3. The lowest BCUT2D eigenvalue weighted by atomic mass is 10.1. The molecule has 36 heavy (non-hydrogen) atoms. The van der Waals surface area contributed by atoms with Crippen LogP contribution in [0.25, 0.3) is 11.0 Å². The third kappa shape index (κ3) is 5.01. The molecule has 3 amide bonds. The van der Waals surface area contributed by atoms with E-state index in [0.29, 0.717) is 40.4 Å². The van der Waals surface area contributed by atoms with Crippen molar-refractivity contribution < 1.29 is 14.4 Å². The van der Waals surface area contributed by atoms with Gasteiger partial charge in [0.15, 0.2) is 11.3 Å². The van der Waals surface area contributed by atoms with E-state index < -0.39 is 5.91 Å². The summed E-state index contributed by atoms with van der Waals surface area (Å²) in [5.74, 6) is -0.627. The molecule has 1 unspecified atom stereocenters. The Hall–Kier alpha value is -3.99. The van der Waals surface area contributed by atoms with E-state index in [-0.39, 0.29) is 35.8 Å². The highest BCUT2D eigenvalue weighted by Crippen LogP contribution is 2.29. The molecule has 1 aliphatic heterocycles. The smallest absolute Gasteiger partial charge is 0.277 e. The van der Waals surface area contributed by atoms with Crippen LogP contribution in [0.15, 0.2) is 37.2 Å². The Kier molecular flexibility index (Phi) is 7.20. The first-order valence-corrected chi connectivity index (χ1v) is 11.8. The Labute approximate surface area is 212 Å². The van der Waals surface area contributed by atoms with Gasteiger partial charge in [0.1, 0.15) is 12.1 Å². The van der Waals surface area contributed by atoms with Gasteiger partial charge in [-0.1, -0.05) is 24.2 Å². The molecule has 1 fully saturated rings. The Bertz CT molecular complexity index is 1350. The second-order valence-corrected chi connectivity index (χ2v) is 9.17. The van der Waals surface area contributed by atoms with Crippen LogP contribution < -0.4 is 11.1 Å². The van der Waals surface area contributed by atoms with Crippen LogP contribution in [-0.2, 0) is 16.0 Å². The molecule has 3 N–H and O–H groups in total. The second kappa shape index (κ2) is 10.3. The van der Waals surface area contributed by atoms with Gasteiger partial charge < -0.3 is 20.9 Å². The zero-order valence-electron chi connectivity index (χ0n) is 20.1. The Balaban J connectivity index is 1.62. The van der Waals surface area contributed by atoms with Gasteiger partial charge in [-0.25, -0.2) is 14.6 Å². The van der Waals surface area contributed by atoms with Gasteiger partial charge in [-0.15, -0.1) is 0 Å². The summed E-state index contributed by atoms with van der Waals surface area (Å²) in [7, 11) is 3.34. The molecule has 3 aromatic rings. The maximum Gasteiger partial charge on any atom is 0.277 e. The molecule has 11 nitrogen and oxygen atoms in total. The minimum Gasteiger partial charge on any atom is -0.383 e. The molecule has 0 saturated carbocycles. The zero-order chi connectivity index (χ0) is 26.0. The van der Waals surface area contributed by atoms with E-state index in [1.165, 1.54) is 17.3 Å². The number of hydrogen-bond acceptors (Lipinski definition) is 7. The van der Waals surface area contributed by atoms with E-state index in [4.69, 9.17) is 17.3 Å². The summed E-state index contributed by atoms with van der Waals surface area (Å²) in [5.41, 5.74) is 7.69. The van der Waals surface area contributed by atoms with Gasteiger partial charge >= 0.3 is 0 Å². The molecule has 0 bridgehead atoms. The fraction of sp³-hybridized carbons (Fsp3) is 0.333. The molecule has 1 saturated heterocycles. The largest absolute Gasteiger partial charge is 0.383 e. The lowest BCUT2D eigenvalue weighted by Gasteiger charge is -2.32. The van der Waals surface area contributed by atoms with Crippen molar-refractivity contribution >= 4 is 51.9 Å². The predicted molar refractivity (Wildman–Crippen MR) is 137 cm³/mol. The number of likely N-dealkylation sites (tertiary alicyclic amines) is 1. The molecule has 1 aromatic carbocycles. The predicted octanol–water partition coefficient (Wildman–Crippen LogP) is 2.29. The number of benzene rings is 1. The molecule has 4 rings (SSSR count). The van der Waals surface area contributed by atoms with Crippen LogP contribution in [0.5, 0.6) is 0 Å². The van der Waals surface area contributed by atoms with Gasteiger partial charge in [-0.3, -0.25) is 14.4 Å². The molecule has 188 valence electrons. The van der Waals surface area contributed by atoms with Gasteiger partial charge in [-0.05, 0) is 36.6 Å². The summed E-state index contributed by atoms with van der Waals surface area (Å²) in [6, 6.07) is 4.75. The fourth-order valence-corrected chi connectivity index (χ4v) is 4.42. The molecular formula is C24H27ClN8O3. The van der Waals surface area contributed by atoms with E-state index in [0.717, 1.165) is 12.8 Å². The minimum absolute atomic E-state index is 0.0678. The van der Waals surface area contributed by atoms with Crippen molar-refractivity contribution in [3.63, 3.8) is 0 Å². The number of nitrogens with one attached hydrogen (secondary N) is 1. The quantitative estimate of drug-likeness (QED) is 0.485. The van der Waals surface area contributed by atoms with E-state index in [1.54, 1.807) is 41.9 Å². The van der Waals surface area contributed by atoms with Gasteiger partial charge in [0.2, 0.25) is 11.8 Å². The topological polar surface area (TPSA) is 139 Å². The number of amides is 3. The molecule has 3 heterocycles. The number of anilines is 2. The Morgan fingerprint density at radius 1 is 1.31 bits per heavy atom. The van der Waals surface area contributed by atoms with Crippen LogP contribution in [0.2, 0.25) is 5.02 Å². The molecule has 0 radical (unpaired) electrons. The van der Waals surface area contributed by atoms with Crippen molar-refractivity contribution in [1.29, 1.82) is 0 Å². The number of nitrogen functional groups attached to an aromatic ring is 1. The lowest BCUT2D eigenvalue weighted by Crippen LogP contribution is -2.40. The number of likely N-dealkylation sites (N-methyl/N-ethyl adjacent to an activating group) is 1. The summed E-state index contributed by atoms with van der Waals surface area (Å²) in [5, 5.41) is 8.05. The van der Waals surface area contributed by atoms with Gasteiger partial charge in [0.25, 0.3) is 5.91 Å². The number of rotatable bonds is 6. The molecule has 0 spiro atoms. The first-order valence-electron chi connectivity index (χ1n) is 11.4. The van der Waals surface area contributed by atoms with Crippen LogP contribution in [-0.4, -0.2) is 74.5 Å². The molecule has 0 aliphatic carbocycles. The highest BCUT2D eigenvalue weighted by atomic mass is 35.5. The van der Waals surface area contributed by atoms with Crippen molar-refractivity contribution in [1.82, 2.24) is 29.5 Å².